The van der Waals surface area contributed by atoms with Crippen LogP contribution in [0.5, 0.6) is 0 Å². The van der Waals surface area contributed by atoms with Gasteiger partial charge in [-0.1, -0.05) is 24.3 Å². The summed E-state index contributed by atoms with van der Waals surface area (Å²) in [5, 5.41) is 6.73. The van der Waals surface area contributed by atoms with Crippen LogP contribution in [0.4, 0.5) is 11.4 Å². The zero-order chi connectivity index (χ0) is 29.2. The molecule has 9 heteroatoms. The van der Waals surface area contributed by atoms with E-state index in [2.05, 4.69) is 27.7 Å². The van der Waals surface area contributed by atoms with Crippen molar-refractivity contribution in [3.63, 3.8) is 0 Å². The average molecular weight is 596 g/mol. The van der Waals surface area contributed by atoms with E-state index in [4.69, 9.17) is 13.8 Å². The van der Waals surface area contributed by atoms with Gasteiger partial charge in [0.25, 0.3) is 0 Å². The topological polar surface area (TPSA) is 89.1 Å². The second kappa shape index (κ2) is 12.7. The molecule has 1 unspecified atom stereocenters. The molecule has 2 aromatic rings. The maximum absolute atomic E-state index is 14.0. The van der Waals surface area contributed by atoms with E-state index in [0.29, 0.717) is 6.54 Å². The summed E-state index contributed by atoms with van der Waals surface area (Å²) in [6.07, 6.45) is 7.21. The molecule has 5 aliphatic rings. The highest BCUT2D eigenvalue weighted by Gasteiger charge is 2.54. The van der Waals surface area contributed by atoms with Gasteiger partial charge in [-0.05, 0) is 106 Å². The van der Waals surface area contributed by atoms with E-state index in [0.717, 1.165) is 85.8 Å². The number of hydrogen-bond acceptors (Lipinski definition) is 7. The Kier molecular flexibility index (Phi) is 8.97. The summed E-state index contributed by atoms with van der Waals surface area (Å²) in [4.78, 5) is 15.7. The van der Waals surface area contributed by atoms with Crippen LogP contribution in [0, 0.1) is 23.2 Å². The Labute approximate surface area is 250 Å². The first-order chi connectivity index (χ1) is 20.4. The Hall–Kier alpha value is -2.38. The van der Waals surface area contributed by atoms with E-state index in [1.54, 1.807) is 0 Å². The normalized spacial score (nSPS) is 27.6. The molecule has 42 heavy (non-hydrogen) atoms. The number of hydrogen-bond donors (Lipinski definition) is 2. The molecule has 0 radical (unpaired) electrons. The lowest BCUT2D eigenvalue weighted by Crippen LogP contribution is -2.53. The summed E-state index contributed by atoms with van der Waals surface area (Å²) in [7, 11) is -3.53. The molecule has 1 aliphatic heterocycles. The van der Waals surface area contributed by atoms with Crippen LogP contribution in [0.1, 0.15) is 69.3 Å². The predicted molar refractivity (Wildman–Crippen MR) is 166 cm³/mol. The van der Waals surface area contributed by atoms with E-state index >= 15 is 0 Å². The van der Waals surface area contributed by atoms with Gasteiger partial charge >= 0.3 is 7.60 Å². The van der Waals surface area contributed by atoms with Crippen molar-refractivity contribution in [1.82, 2.24) is 5.32 Å². The largest absolute Gasteiger partial charge is 0.378 e. The Balaban J connectivity index is 1.14. The van der Waals surface area contributed by atoms with Crippen LogP contribution in [0.2, 0.25) is 0 Å². The monoisotopic (exact) mass is 595 g/mol. The molecule has 7 rings (SSSR count). The maximum Gasteiger partial charge on any atom is 0.357 e. The highest BCUT2D eigenvalue weighted by molar-refractivity contribution is 7.54. The molecule has 5 fully saturated rings. The summed E-state index contributed by atoms with van der Waals surface area (Å²) in [6.45, 7) is 7.89. The fraction of sp³-hybridized carbons (Fsp3) is 0.606. The molecule has 8 nitrogen and oxygen atoms in total. The Bertz CT molecular complexity index is 1220. The van der Waals surface area contributed by atoms with Crippen LogP contribution < -0.4 is 15.5 Å². The number of rotatable bonds is 12. The van der Waals surface area contributed by atoms with Gasteiger partial charge in [-0.3, -0.25) is 9.36 Å². The zero-order valence-corrected chi connectivity index (χ0v) is 26.0. The molecule has 2 N–H and O–H groups in total. The van der Waals surface area contributed by atoms with Crippen LogP contribution in [-0.4, -0.2) is 45.4 Å². The van der Waals surface area contributed by atoms with Crippen LogP contribution in [0.3, 0.4) is 0 Å². The van der Waals surface area contributed by atoms with Crippen LogP contribution >= 0.6 is 7.60 Å². The van der Waals surface area contributed by atoms with Crippen LogP contribution in [0.15, 0.2) is 48.5 Å². The van der Waals surface area contributed by atoms with Crippen molar-refractivity contribution >= 4 is 24.9 Å². The number of ether oxygens (including phenoxy) is 1. The van der Waals surface area contributed by atoms with Crippen molar-refractivity contribution in [1.29, 1.82) is 0 Å². The minimum Gasteiger partial charge on any atom is -0.378 e. The second-order valence-electron chi connectivity index (χ2n) is 12.7. The van der Waals surface area contributed by atoms with Crippen molar-refractivity contribution in [3.8, 4) is 0 Å². The number of nitrogens with one attached hydrogen (secondary N) is 2. The van der Waals surface area contributed by atoms with Crippen LogP contribution in [-0.2, 0) is 29.7 Å². The molecule has 1 saturated heterocycles. The fourth-order valence-corrected chi connectivity index (χ4v) is 10.2. The fourth-order valence-electron chi connectivity index (χ4n) is 8.22. The van der Waals surface area contributed by atoms with E-state index in [9.17, 15) is 9.36 Å². The minimum absolute atomic E-state index is 0.138. The first-order valence-electron chi connectivity index (χ1n) is 15.8. The van der Waals surface area contributed by atoms with Crippen molar-refractivity contribution in [2.45, 2.75) is 64.7 Å². The average Bonchev–Trinajstić information content (AvgIpc) is 2.99. The second-order valence-corrected chi connectivity index (χ2v) is 14.8. The minimum atomic E-state index is -3.53. The molecular weight excluding hydrogens is 549 g/mol. The highest BCUT2D eigenvalue weighted by Crippen LogP contribution is 2.61. The van der Waals surface area contributed by atoms with Gasteiger partial charge in [0.15, 0.2) is 5.78 Å². The molecule has 4 saturated carbocycles. The third kappa shape index (κ3) is 6.28. The number of carbonyl (C=O) groups is 1. The van der Waals surface area contributed by atoms with Gasteiger partial charge in [0, 0.05) is 36.4 Å². The van der Waals surface area contributed by atoms with Gasteiger partial charge in [0.05, 0.1) is 26.4 Å². The molecule has 2 aromatic carbocycles. The summed E-state index contributed by atoms with van der Waals surface area (Å²) in [5.41, 5.74) is 3.67. The van der Waals surface area contributed by atoms with Gasteiger partial charge in [0.2, 0.25) is 5.91 Å². The van der Waals surface area contributed by atoms with E-state index in [1.807, 2.05) is 50.2 Å². The lowest BCUT2D eigenvalue weighted by molar-refractivity contribution is -0.146. The van der Waals surface area contributed by atoms with Crippen molar-refractivity contribution in [3.05, 3.63) is 59.7 Å². The summed E-state index contributed by atoms with van der Waals surface area (Å²) < 4.78 is 31.1. The van der Waals surface area contributed by atoms with Gasteiger partial charge in [-0.15, -0.1) is 0 Å². The third-order valence-corrected chi connectivity index (χ3v) is 12.0. The lowest BCUT2D eigenvalue weighted by Gasteiger charge is -2.55. The smallest absolute Gasteiger partial charge is 0.357 e. The van der Waals surface area contributed by atoms with E-state index in [-0.39, 0.29) is 24.5 Å². The van der Waals surface area contributed by atoms with E-state index < -0.39 is 13.4 Å². The Morgan fingerprint density at radius 3 is 2.05 bits per heavy atom. The first-order valence-corrected chi connectivity index (χ1v) is 17.5. The quantitative estimate of drug-likeness (QED) is 0.263. The Morgan fingerprint density at radius 1 is 0.929 bits per heavy atom. The number of amides is 1. The van der Waals surface area contributed by atoms with Crippen molar-refractivity contribution < 1.29 is 23.1 Å². The molecule has 4 aliphatic carbocycles. The molecule has 1 atom stereocenters. The van der Waals surface area contributed by atoms with Gasteiger partial charge in [-0.25, -0.2) is 0 Å². The van der Waals surface area contributed by atoms with Gasteiger partial charge < -0.3 is 29.3 Å². The molecule has 0 spiro atoms. The Morgan fingerprint density at radius 2 is 1.50 bits per heavy atom. The molecule has 4 bridgehead atoms. The molecular formula is C33H46N3O5P. The maximum atomic E-state index is 14.0. The van der Waals surface area contributed by atoms with Crippen molar-refractivity contribution in [2.75, 3.05) is 49.7 Å². The number of carbonyl (C=O) groups excluding carboxylic acids is 1. The number of nitrogens with zero attached hydrogens (tertiary/aromatic N) is 1. The third-order valence-electron chi connectivity index (χ3n) is 9.75. The summed E-state index contributed by atoms with van der Waals surface area (Å²) >= 11 is 0. The standard InChI is InChI=1S/C33H46N3O5P/c1-3-40-42(38,41-4-2)31(28-7-11-30(12-8-28)36-13-15-39-16-14-36)35-29-9-5-24(6-10-29)23-34-32(37)33-20-25-17-26(21-33)19-27(18-25)22-33/h5-12,25-27,31,35H,3-4,13-23H2,1-2H3,(H,34,37). The highest BCUT2D eigenvalue weighted by atomic mass is 31.2. The first kappa shape index (κ1) is 29.7. The van der Waals surface area contributed by atoms with Crippen molar-refractivity contribution in [2.24, 2.45) is 23.2 Å². The van der Waals surface area contributed by atoms with Gasteiger partial charge in [0.1, 0.15) is 0 Å². The molecule has 0 aromatic heterocycles. The molecule has 228 valence electrons. The number of benzene rings is 2. The SMILES string of the molecule is CCOP(=O)(OCC)C(Nc1ccc(CNC(=O)C23CC4CC(CC(C4)C2)C3)cc1)c1ccc(N2CCOCC2)cc1. The molecule has 1 heterocycles. The zero-order valence-electron chi connectivity index (χ0n) is 25.1. The number of anilines is 2. The predicted octanol–water partition coefficient (Wildman–Crippen LogP) is 6.73. The number of morpholine rings is 1. The lowest BCUT2D eigenvalue weighted by atomic mass is 9.49. The van der Waals surface area contributed by atoms with Crippen LogP contribution in [0.25, 0.3) is 0 Å². The van der Waals surface area contributed by atoms with E-state index in [1.165, 1.54) is 19.3 Å². The summed E-state index contributed by atoms with van der Waals surface area (Å²) in [6, 6.07) is 16.1. The van der Waals surface area contributed by atoms with Gasteiger partial charge in [-0.2, -0.15) is 0 Å². The summed E-state index contributed by atoms with van der Waals surface area (Å²) in [5.74, 6) is 1.83. The molecule has 1 amide bonds.